The van der Waals surface area contributed by atoms with E-state index in [1.807, 2.05) is 0 Å². The zero-order chi connectivity index (χ0) is 14.3. The van der Waals surface area contributed by atoms with Crippen molar-refractivity contribution >= 4 is 11.9 Å². The second-order valence-electron chi connectivity index (χ2n) is 3.80. The van der Waals surface area contributed by atoms with E-state index in [0.29, 0.717) is 0 Å². The molecule has 1 rings (SSSR count). The summed E-state index contributed by atoms with van der Waals surface area (Å²) >= 11 is 0. The van der Waals surface area contributed by atoms with Gasteiger partial charge in [0.25, 0.3) is 5.60 Å². The van der Waals surface area contributed by atoms with Crippen molar-refractivity contribution in [2.24, 2.45) is 0 Å². The van der Waals surface area contributed by atoms with E-state index in [-0.39, 0.29) is 0 Å². The van der Waals surface area contributed by atoms with E-state index in [1.54, 1.807) is 0 Å². The lowest BCUT2D eigenvalue weighted by molar-refractivity contribution is -0.367. The van der Waals surface area contributed by atoms with Crippen molar-refractivity contribution in [2.45, 2.75) is 29.7 Å². The van der Waals surface area contributed by atoms with Gasteiger partial charge in [0, 0.05) is 0 Å². The summed E-state index contributed by atoms with van der Waals surface area (Å²) < 4.78 is 4.31. The standard InChI is InChI=1S/C8H12O10/c9-1-2-3(10)4(11)7(16,5(12)13)8(17,18-2)6(14)15/h2-4,9-11,16-17H,1H2,(H,12,13)(H,14,15)/t2-,3-,4+,7+,8?/m1/s1. The molecule has 7 N–H and O–H groups in total. The maximum absolute atomic E-state index is 10.9. The number of hydrogen-bond donors (Lipinski definition) is 7. The van der Waals surface area contributed by atoms with Crippen molar-refractivity contribution in [2.75, 3.05) is 6.61 Å². The highest BCUT2D eigenvalue weighted by Crippen LogP contribution is 2.37. The van der Waals surface area contributed by atoms with E-state index in [9.17, 15) is 30.0 Å². The molecule has 0 radical (unpaired) electrons. The molecule has 0 aromatic carbocycles. The van der Waals surface area contributed by atoms with Crippen LogP contribution >= 0.6 is 0 Å². The van der Waals surface area contributed by atoms with Gasteiger partial charge in [-0.05, 0) is 0 Å². The smallest absolute Gasteiger partial charge is 0.368 e. The van der Waals surface area contributed by atoms with Crippen LogP contribution in [-0.2, 0) is 14.3 Å². The molecule has 0 aliphatic carbocycles. The number of aliphatic hydroxyl groups excluding tert-OH is 3. The van der Waals surface area contributed by atoms with Crippen LogP contribution in [0.3, 0.4) is 0 Å². The Morgan fingerprint density at radius 1 is 1.11 bits per heavy atom. The van der Waals surface area contributed by atoms with Crippen molar-refractivity contribution < 1.29 is 50.1 Å². The lowest BCUT2D eigenvalue weighted by atomic mass is 9.79. The number of carboxylic acid groups (broad SMARTS) is 2. The SMILES string of the molecule is O=C(O)C1(O)O[C@H](CO)[C@@H](O)[C@H](O)[C@]1(O)C(=O)O. The fraction of sp³-hybridized carbons (Fsp3) is 0.750. The average Bonchev–Trinajstić information content (AvgIpc) is 2.30. The lowest BCUT2D eigenvalue weighted by Crippen LogP contribution is -2.78. The molecule has 1 aliphatic heterocycles. The summed E-state index contributed by atoms with van der Waals surface area (Å²) in [6, 6.07) is 0. The maximum Gasteiger partial charge on any atom is 0.368 e. The first-order valence-electron chi connectivity index (χ1n) is 4.69. The van der Waals surface area contributed by atoms with E-state index >= 15 is 0 Å². The van der Waals surface area contributed by atoms with Gasteiger partial charge in [-0.2, -0.15) is 0 Å². The largest absolute Gasteiger partial charge is 0.479 e. The normalized spacial score (nSPS) is 44.6. The Labute approximate surface area is 99.3 Å². The zero-order valence-corrected chi connectivity index (χ0v) is 8.79. The molecule has 0 amide bonds. The molecular weight excluding hydrogens is 256 g/mol. The second kappa shape index (κ2) is 4.42. The number of ether oxygens (including phenoxy) is 1. The number of aliphatic hydroxyl groups is 5. The van der Waals surface area contributed by atoms with Crippen LogP contribution in [0.1, 0.15) is 0 Å². The minimum absolute atomic E-state index is 1.01. The van der Waals surface area contributed by atoms with E-state index in [1.165, 1.54) is 0 Å². The van der Waals surface area contributed by atoms with E-state index in [0.717, 1.165) is 0 Å². The summed E-state index contributed by atoms with van der Waals surface area (Å²) in [5, 5.41) is 64.3. The Morgan fingerprint density at radius 3 is 1.94 bits per heavy atom. The van der Waals surface area contributed by atoms with Gasteiger partial charge in [0.15, 0.2) is 0 Å². The minimum atomic E-state index is -3.72. The van der Waals surface area contributed by atoms with Crippen LogP contribution in [0.2, 0.25) is 0 Å². The topological polar surface area (TPSA) is 185 Å². The predicted molar refractivity (Wildman–Crippen MR) is 49.1 cm³/mol. The van der Waals surface area contributed by atoms with Crippen molar-refractivity contribution in [3.05, 3.63) is 0 Å². The Morgan fingerprint density at radius 2 is 1.61 bits per heavy atom. The summed E-state index contributed by atoms with van der Waals surface area (Å²) in [5.74, 6) is -8.32. The van der Waals surface area contributed by atoms with Gasteiger partial charge < -0.3 is 40.5 Å². The van der Waals surface area contributed by atoms with Gasteiger partial charge in [-0.3, -0.25) is 0 Å². The van der Waals surface area contributed by atoms with Crippen molar-refractivity contribution in [3.8, 4) is 0 Å². The Balaban J connectivity index is 3.36. The van der Waals surface area contributed by atoms with Crippen molar-refractivity contribution in [3.63, 3.8) is 0 Å². The summed E-state index contributed by atoms with van der Waals surface area (Å²) in [7, 11) is 0. The molecule has 0 bridgehead atoms. The van der Waals surface area contributed by atoms with Gasteiger partial charge in [0.2, 0.25) is 0 Å². The third kappa shape index (κ3) is 1.67. The zero-order valence-electron chi connectivity index (χ0n) is 8.79. The van der Waals surface area contributed by atoms with Gasteiger partial charge in [0.05, 0.1) is 6.61 Å². The number of aliphatic carboxylic acids is 2. The van der Waals surface area contributed by atoms with Gasteiger partial charge >= 0.3 is 17.7 Å². The molecule has 1 fully saturated rings. The van der Waals surface area contributed by atoms with Crippen molar-refractivity contribution in [1.29, 1.82) is 0 Å². The molecule has 0 spiro atoms. The molecule has 10 heteroatoms. The van der Waals surface area contributed by atoms with Gasteiger partial charge in [-0.15, -0.1) is 0 Å². The summed E-state index contributed by atoms with van der Waals surface area (Å²) in [5.41, 5.74) is -3.69. The molecule has 1 aliphatic rings. The average molecular weight is 268 g/mol. The molecule has 18 heavy (non-hydrogen) atoms. The highest BCUT2D eigenvalue weighted by Gasteiger charge is 2.72. The van der Waals surface area contributed by atoms with Crippen LogP contribution in [0.25, 0.3) is 0 Å². The van der Waals surface area contributed by atoms with Gasteiger partial charge in [-0.25, -0.2) is 9.59 Å². The molecule has 1 unspecified atom stereocenters. The van der Waals surface area contributed by atoms with Gasteiger partial charge in [0.1, 0.15) is 18.3 Å². The monoisotopic (exact) mass is 268 g/mol. The predicted octanol–water partition coefficient (Wildman–Crippen LogP) is -4.31. The fourth-order valence-electron chi connectivity index (χ4n) is 1.66. The number of hydrogen-bond acceptors (Lipinski definition) is 8. The van der Waals surface area contributed by atoms with Crippen LogP contribution in [0.15, 0.2) is 0 Å². The van der Waals surface area contributed by atoms with Crippen LogP contribution in [-0.4, -0.2) is 84.0 Å². The third-order valence-electron chi connectivity index (χ3n) is 2.77. The number of carbonyl (C=O) groups is 2. The van der Waals surface area contributed by atoms with Crippen LogP contribution in [0, 0.1) is 0 Å². The lowest BCUT2D eigenvalue weighted by Gasteiger charge is -2.47. The second-order valence-corrected chi connectivity index (χ2v) is 3.80. The summed E-state index contributed by atoms with van der Waals surface area (Å²) in [6.45, 7) is -1.01. The highest BCUT2D eigenvalue weighted by molar-refractivity contribution is 5.90. The minimum Gasteiger partial charge on any atom is -0.479 e. The fourth-order valence-corrected chi connectivity index (χ4v) is 1.66. The van der Waals surface area contributed by atoms with Crippen LogP contribution in [0.5, 0.6) is 0 Å². The van der Waals surface area contributed by atoms with Crippen LogP contribution in [0.4, 0.5) is 0 Å². The Hall–Kier alpha value is -1.30. The first-order chi connectivity index (χ1) is 8.12. The Kier molecular flexibility index (Phi) is 3.63. The van der Waals surface area contributed by atoms with E-state index < -0.39 is 48.2 Å². The molecule has 1 heterocycles. The highest BCUT2D eigenvalue weighted by atomic mass is 16.7. The first-order valence-corrected chi connectivity index (χ1v) is 4.69. The van der Waals surface area contributed by atoms with Gasteiger partial charge in [-0.1, -0.05) is 0 Å². The summed E-state index contributed by atoms with van der Waals surface area (Å²) in [4.78, 5) is 21.7. The number of carboxylic acids is 2. The van der Waals surface area contributed by atoms with E-state index in [2.05, 4.69) is 4.74 Å². The molecule has 0 aromatic rings. The molecule has 10 nitrogen and oxygen atoms in total. The number of rotatable bonds is 3. The molecule has 1 saturated heterocycles. The molecule has 5 atom stereocenters. The first kappa shape index (κ1) is 14.8. The van der Waals surface area contributed by atoms with E-state index in [4.69, 9.17) is 15.3 Å². The Bertz CT molecular complexity index is 369. The third-order valence-corrected chi connectivity index (χ3v) is 2.77. The molecule has 104 valence electrons. The van der Waals surface area contributed by atoms with Crippen molar-refractivity contribution in [1.82, 2.24) is 0 Å². The molecule has 0 aromatic heterocycles. The quantitative estimate of drug-likeness (QED) is 0.264. The summed E-state index contributed by atoms with van der Waals surface area (Å²) in [6.07, 6.45) is -6.46. The van der Waals surface area contributed by atoms with Crippen LogP contribution < -0.4 is 0 Å². The molecular formula is C8H12O10. The molecule has 0 saturated carbocycles. The maximum atomic E-state index is 10.9.